The molecule has 0 bridgehead atoms. The molecule has 0 aliphatic carbocycles. The maximum absolute atomic E-state index is 11.7. The van der Waals surface area contributed by atoms with E-state index in [0.29, 0.717) is 11.3 Å². The summed E-state index contributed by atoms with van der Waals surface area (Å²) in [5.74, 6) is -0.179. The molecule has 3 N–H and O–H groups in total. The van der Waals surface area contributed by atoms with Crippen LogP contribution in [0.2, 0.25) is 5.15 Å². The van der Waals surface area contributed by atoms with E-state index in [2.05, 4.69) is 20.0 Å². The Kier molecular flexibility index (Phi) is 2.74. The lowest BCUT2D eigenvalue weighted by Gasteiger charge is -2.03. The molecule has 0 saturated heterocycles. The third-order valence-electron chi connectivity index (χ3n) is 1.77. The molecule has 0 unspecified atom stereocenters. The topological polar surface area (TPSA) is 94.0 Å². The molecule has 2 aromatic heterocycles. The van der Waals surface area contributed by atoms with Gasteiger partial charge in [-0.25, -0.2) is 4.98 Å². The first-order valence-corrected chi connectivity index (χ1v) is 4.67. The molecule has 0 radical (unpaired) electrons. The number of rotatable bonds is 2. The number of carbonyl (C=O) groups excluding carboxylic acids is 1. The molecule has 0 fully saturated rings. The lowest BCUT2D eigenvalue weighted by molar-refractivity contribution is 0.102. The second kappa shape index (κ2) is 4.19. The Balaban J connectivity index is 2.21. The zero-order valence-electron chi connectivity index (χ0n) is 7.98. The van der Waals surface area contributed by atoms with E-state index in [9.17, 15) is 4.79 Å². The summed E-state index contributed by atoms with van der Waals surface area (Å²) >= 11 is 5.67. The van der Waals surface area contributed by atoms with Gasteiger partial charge >= 0.3 is 0 Å². The van der Waals surface area contributed by atoms with Crippen LogP contribution in [0.1, 0.15) is 10.4 Å². The Labute approximate surface area is 95.4 Å². The second-order valence-electron chi connectivity index (χ2n) is 2.97. The molecular formula is C9H7ClN4O2. The maximum Gasteiger partial charge on any atom is 0.256 e. The lowest BCUT2D eigenvalue weighted by Crippen LogP contribution is -2.12. The molecular weight excluding hydrogens is 232 g/mol. The Bertz CT molecular complexity index is 492. The smallest absolute Gasteiger partial charge is 0.256 e. The van der Waals surface area contributed by atoms with Gasteiger partial charge in [-0.15, -0.1) is 0 Å². The molecule has 0 atom stereocenters. The van der Waals surface area contributed by atoms with Gasteiger partial charge in [-0.2, -0.15) is 0 Å². The van der Waals surface area contributed by atoms with Crippen molar-refractivity contribution in [2.45, 2.75) is 0 Å². The number of amides is 1. The molecule has 2 aromatic rings. The van der Waals surface area contributed by atoms with E-state index >= 15 is 0 Å². The van der Waals surface area contributed by atoms with Gasteiger partial charge in [-0.3, -0.25) is 4.79 Å². The van der Waals surface area contributed by atoms with Crippen LogP contribution in [0.5, 0.6) is 0 Å². The van der Waals surface area contributed by atoms with Gasteiger partial charge in [0.25, 0.3) is 5.91 Å². The zero-order valence-corrected chi connectivity index (χ0v) is 8.73. The van der Waals surface area contributed by atoms with Crippen molar-refractivity contribution in [2.75, 3.05) is 11.1 Å². The number of hydrogen-bond acceptors (Lipinski definition) is 5. The van der Waals surface area contributed by atoms with Crippen molar-refractivity contribution in [2.24, 2.45) is 0 Å². The standard InChI is InChI=1S/C9H7ClN4O2/c10-7-1-5(2-8(11)14-7)9(15)13-6-3-12-16-4-6/h1-4H,(H2,11,14)(H,13,15). The highest BCUT2D eigenvalue weighted by Crippen LogP contribution is 2.14. The van der Waals surface area contributed by atoms with Crippen molar-refractivity contribution < 1.29 is 9.32 Å². The van der Waals surface area contributed by atoms with Crippen molar-refractivity contribution in [3.05, 3.63) is 35.3 Å². The largest absolute Gasteiger partial charge is 0.384 e. The van der Waals surface area contributed by atoms with Crippen molar-refractivity contribution in [3.8, 4) is 0 Å². The molecule has 0 aliphatic heterocycles. The molecule has 7 heteroatoms. The highest BCUT2D eigenvalue weighted by Gasteiger charge is 2.09. The molecule has 0 aliphatic rings. The number of nitrogens with zero attached hydrogens (tertiary/aromatic N) is 2. The first-order chi connectivity index (χ1) is 7.65. The van der Waals surface area contributed by atoms with Crippen LogP contribution in [0.4, 0.5) is 11.5 Å². The Morgan fingerprint density at radius 2 is 2.31 bits per heavy atom. The number of carbonyl (C=O) groups is 1. The van der Waals surface area contributed by atoms with Gasteiger partial charge in [-0.1, -0.05) is 16.8 Å². The van der Waals surface area contributed by atoms with Crippen LogP contribution in [0.15, 0.2) is 29.1 Å². The predicted octanol–water partition coefficient (Wildman–Crippen LogP) is 1.56. The predicted molar refractivity (Wildman–Crippen MR) is 58.1 cm³/mol. The normalized spacial score (nSPS) is 10.1. The van der Waals surface area contributed by atoms with Crippen LogP contribution in [0.25, 0.3) is 0 Å². The summed E-state index contributed by atoms with van der Waals surface area (Å²) < 4.78 is 4.57. The summed E-state index contributed by atoms with van der Waals surface area (Å²) in [5, 5.41) is 6.17. The fourth-order valence-electron chi connectivity index (χ4n) is 1.12. The Morgan fingerprint density at radius 1 is 1.50 bits per heavy atom. The minimum atomic E-state index is -0.362. The number of halogens is 1. The van der Waals surface area contributed by atoms with Gasteiger partial charge in [0.05, 0.1) is 6.20 Å². The molecule has 6 nitrogen and oxygen atoms in total. The molecule has 0 saturated carbocycles. The summed E-state index contributed by atoms with van der Waals surface area (Å²) in [5.41, 5.74) is 6.24. The molecule has 2 rings (SSSR count). The number of nitrogens with two attached hydrogens (primary N) is 1. The number of pyridine rings is 1. The first kappa shape index (κ1) is 10.4. The van der Waals surface area contributed by atoms with Crippen LogP contribution < -0.4 is 11.1 Å². The molecule has 0 aromatic carbocycles. The number of nitrogen functional groups attached to an aromatic ring is 1. The summed E-state index contributed by atoms with van der Waals surface area (Å²) in [6.07, 6.45) is 2.69. The molecule has 82 valence electrons. The monoisotopic (exact) mass is 238 g/mol. The third kappa shape index (κ3) is 2.29. The van der Waals surface area contributed by atoms with Crippen LogP contribution >= 0.6 is 11.6 Å². The first-order valence-electron chi connectivity index (χ1n) is 4.29. The highest BCUT2D eigenvalue weighted by molar-refractivity contribution is 6.30. The van der Waals surface area contributed by atoms with Crippen molar-refractivity contribution in [1.29, 1.82) is 0 Å². The van der Waals surface area contributed by atoms with Crippen LogP contribution in [-0.2, 0) is 0 Å². The molecule has 16 heavy (non-hydrogen) atoms. The summed E-state index contributed by atoms with van der Waals surface area (Å²) in [4.78, 5) is 15.4. The second-order valence-corrected chi connectivity index (χ2v) is 3.36. The van der Waals surface area contributed by atoms with E-state index in [4.69, 9.17) is 17.3 Å². The van der Waals surface area contributed by atoms with E-state index in [1.807, 2.05) is 0 Å². The van der Waals surface area contributed by atoms with Gasteiger partial charge in [-0.05, 0) is 12.1 Å². The minimum Gasteiger partial charge on any atom is -0.384 e. The number of hydrogen-bond donors (Lipinski definition) is 2. The van der Waals surface area contributed by atoms with Gasteiger partial charge in [0.2, 0.25) is 0 Å². The van der Waals surface area contributed by atoms with E-state index < -0.39 is 0 Å². The average molecular weight is 239 g/mol. The number of nitrogens with one attached hydrogen (secondary N) is 1. The highest BCUT2D eigenvalue weighted by atomic mass is 35.5. The summed E-state index contributed by atoms with van der Waals surface area (Å²) in [6.45, 7) is 0. The van der Waals surface area contributed by atoms with E-state index in [0.717, 1.165) is 0 Å². The Morgan fingerprint density at radius 3 is 2.94 bits per heavy atom. The average Bonchev–Trinajstić information content (AvgIpc) is 2.68. The van der Waals surface area contributed by atoms with E-state index in [1.54, 1.807) is 0 Å². The molecule has 1 amide bonds. The molecule has 2 heterocycles. The minimum absolute atomic E-state index is 0.162. The Hall–Kier alpha value is -2.08. The van der Waals surface area contributed by atoms with Crippen molar-refractivity contribution >= 4 is 29.0 Å². The summed E-state index contributed by atoms with van der Waals surface area (Å²) in [7, 11) is 0. The third-order valence-corrected chi connectivity index (χ3v) is 1.96. The fraction of sp³-hybridized carbons (Fsp3) is 0. The lowest BCUT2D eigenvalue weighted by atomic mass is 10.2. The molecule has 0 spiro atoms. The van der Waals surface area contributed by atoms with E-state index in [1.165, 1.54) is 24.6 Å². The number of anilines is 2. The fourth-order valence-corrected chi connectivity index (χ4v) is 1.33. The van der Waals surface area contributed by atoms with Crippen LogP contribution in [0, 0.1) is 0 Å². The van der Waals surface area contributed by atoms with Gasteiger partial charge in [0.15, 0.2) is 0 Å². The number of aromatic nitrogens is 2. The summed E-state index contributed by atoms with van der Waals surface area (Å²) in [6, 6.07) is 2.84. The SMILES string of the molecule is Nc1cc(C(=O)Nc2cnoc2)cc(Cl)n1. The quantitative estimate of drug-likeness (QED) is 0.775. The van der Waals surface area contributed by atoms with Crippen LogP contribution in [-0.4, -0.2) is 16.0 Å². The van der Waals surface area contributed by atoms with E-state index in [-0.39, 0.29) is 16.9 Å². The van der Waals surface area contributed by atoms with Crippen molar-refractivity contribution in [3.63, 3.8) is 0 Å². The zero-order chi connectivity index (χ0) is 11.5. The van der Waals surface area contributed by atoms with Gasteiger partial charge in [0.1, 0.15) is 22.9 Å². The van der Waals surface area contributed by atoms with Gasteiger partial charge in [0, 0.05) is 5.56 Å². The van der Waals surface area contributed by atoms with Crippen molar-refractivity contribution in [1.82, 2.24) is 10.1 Å². The maximum atomic E-state index is 11.7. The van der Waals surface area contributed by atoms with Gasteiger partial charge < -0.3 is 15.6 Å². The van der Waals surface area contributed by atoms with Crippen LogP contribution in [0.3, 0.4) is 0 Å².